The van der Waals surface area contributed by atoms with Crippen LogP contribution in [0.2, 0.25) is 0 Å². The van der Waals surface area contributed by atoms with Crippen molar-refractivity contribution in [2.24, 2.45) is 5.92 Å². The zero-order valence-electron chi connectivity index (χ0n) is 10.6. The Kier molecular flexibility index (Phi) is 2.34. The van der Waals surface area contributed by atoms with Crippen LogP contribution < -0.4 is 5.32 Å². The largest absolute Gasteiger partial charge is 0.367 e. The van der Waals surface area contributed by atoms with Gasteiger partial charge in [-0.2, -0.15) is 0 Å². The fourth-order valence-electron chi connectivity index (χ4n) is 2.81. The second-order valence-corrected chi connectivity index (χ2v) is 6.76. The Morgan fingerprint density at radius 2 is 2.17 bits per heavy atom. The third-order valence-electron chi connectivity index (χ3n) is 4.01. The van der Waals surface area contributed by atoms with E-state index in [1.807, 2.05) is 11.3 Å². The van der Waals surface area contributed by atoms with E-state index in [9.17, 15) is 0 Å². The number of aryl methyl sites for hydroxylation is 1. The second kappa shape index (κ2) is 3.92. The number of nitrogens with one attached hydrogen (secondary N) is 1. The summed E-state index contributed by atoms with van der Waals surface area (Å²) in [5.41, 5.74) is 1.52. The predicted octanol–water partition coefficient (Wildman–Crippen LogP) is 3.39. The highest BCUT2D eigenvalue weighted by atomic mass is 32.1. The van der Waals surface area contributed by atoms with Gasteiger partial charge < -0.3 is 5.32 Å². The van der Waals surface area contributed by atoms with E-state index in [-0.39, 0.29) is 0 Å². The van der Waals surface area contributed by atoms with Gasteiger partial charge in [-0.3, -0.25) is 0 Å². The Bertz CT molecular complexity index is 600. The van der Waals surface area contributed by atoms with Crippen LogP contribution in [0, 0.1) is 5.92 Å². The number of fused-ring (bicyclic) bond motifs is 3. The normalized spacial score (nSPS) is 23.1. The van der Waals surface area contributed by atoms with Crippen LogP contribution in [0.3, 0.4) is 0 Å². The highest BCUT2D eigenvalue weighted by molar-refractivity contribution is 7.19. The maximum atomic E-state index is 4.47. The first-order valence-corrected chi connectivity index (χ1v) is 7.64. The molecule has 1 atom stereocenters. The number of aromatic nitrogens is 2. The molecule has 0 aliphatic heterocycles. The van der Waals surface area contributed by atoms with Crippen LogP contribution in [-0.4, -0.2) is 16.0 Å². The van der Waals surface area contributed by atoms with E-state index in [0.717, 1.165) is 11.7 Å². The summed E-state index contributed by atoms with van der Waals surface area (Å²) >= 11 is 1.87. The Balaban J connectivity index is 1.86. The summed E-state index contributed by atoms with van der Waals surface area (Å²) < 4.78 is 0. The van der Waals surface area contributed by atoms with E-state index >= 15 is 0 Å². The van der Waals surface area contributed by atoms with Gasteiger partial charge in [-0.05, 0) is 43.6 Å². The molecule has 1 fully saturated rings. The molecular weight excluding hydrogens is 242 g/mol. The smallest absolute Gasteiger partial charge is 0.138 e. The molecule has 0 bridgehead atoms. The molecule has 2 aliphatic rings. The topological polar surface area (TPSA) is 37.8 Å². The Morgan fingerprint density at radius 3 is 3.00 bits per heavy atom. The van der Waals surface area contributed by atoms with Crippen molar-refractivity contribution in [2.75, 3.05) is 5.32 Å². The summed E-state index contributed by atoms with van der Waals surface area (Å²) in [5, 5.41) is 4.88. The molecule has 4 heteroatoms. The second-order valence-electron chi connectivity index (χ2n) is 5.67. The highest BCUT2D eigenvalue weighted by Crippen LogP contribution is 2.40. The van der Waals surface area contributed by atoms with Gasteiger partial charge in [-0.25, -0.2) is 9.97 Å². The van der Waals surface area contributed by atoms with Crippen LogP contribution >= 0.6 is 11.3 Å². The van der Waals surface area contributed by atoms with Crippen LogP contribution in [0.4, 0.5) is 5.82 Å². The first-order chi connectivity index (χ1) is 8.81. The number of rotatable bonds is 2. The molecule has 3 nitrogen and oxygen atoms in total. The Labute approximate surface area is 111 Å². The first-order valence-electron chi connectivity index (χ1n) is 6.83. The molecule has 0 amide bonds. The molecule has 94 valence electrons. The van der Waals surface area contributed by atoms with E-state index < -0.39 is 0 Å². The summed E-state index contributed by atoms with van der Waals surface area (Å²) in [7, 11) is 0. The summed E-state index contributed by atoms with van der Waals surface area (Å²) in [6.45, 7) is 2.35. The molecule has 1 saturated carbocycles. The minimum absolute atomic E-state index is 0.654. The van der Waals surface area contributed by atoms with Crippen molar-refractivity contribution >= 4 is 27.4 Å². The van der Waals surface area contributed by atoms with Gasteiger partial charge in [0.1, 0.15) is 17.0 Å². The number of anilines is 1. The lowest BCUT2D eigenvalue weighted by atomic mass is 9.89. The number of thiophene rings is 1. The van der Waals surface area contributed by atoms with Crippen molar-refractivity contribution in [1.29, 1.82) is 0 Å². The molecule has 4 rings (SSSR count). The van der Waals surface area contributed by atoms with E-state index in [4.69, 9.17) is 0 Å². The Hall–Kier alpha value is -1.16. The van der Waals surface area contributed by atoms with E-state index in [1.165, 1.54) is 47.9 Å². The lowest BCUT2D eigenvalue weighted by molar-refractivity contribution is 0.509. The molecule has 1 N–H and O–H groups in total. The zero-order valence-corrected chi connectivity index (χ0v) is 11.4. The predicted molar refractivity (Wildman–Crippen MR) is 75.2 cm³/mol. The van der Waals surface area contributed by atoms with Crippen LogP contribution in [0.15, 0.2) is 6.33 Å². The summed E-state index contributed by atoms with van der Waals surface area (Å²) in [6.07, 6.45) is 8.00. The van der Waals surface area contributed by atoms with Crippen molar-refractivity contribution in [3.05, 3.63) is 16.8 Å². The average molecular weight is 259 g/mol. The standard InChI is InChI=1S/C14H17N3S/c1-8-2-5-10-11(6-8)18-14-12(10)13(15-7-16-14)17-9-3-4-9/h7-9H,2-6H2,1H3,(H,15,16,17)/t8-/m0/s1. The van der Waals surface area contributed by atoms with Gasteiger partial charge in [0.25, 0.3) is 0 Å². The zero-order chi connectivity index (χ0) is 12.1. The van der Waals surface area contributed by atoms with Gasteiger partial charge in [0, 0.05) is 10.9 Å². The fourth-order valence-corrected chi connectivity index (χ4v) is 4.16. The summed E-state index contributed by atoms with van der Waals surface area (Å²) in [5.74, 6) is 1.90. The maximum absolute atomic E-state index is 4.47. The molecule has 2 aliphatic carbocycles. The highest BCUT2D eigenvalue weighted by Gasteiger charge is 2.26. The van der Waals surface area contributed by atoms with Crippen molar-refractivity contribution in [1.82, 2.24) is 9.97 Å². The van der Waals surface area contributed by atoms with Crippen molar-refractivity contribution in [3.8, 4) is 0 Å². The monoisotopic (exact) mass is 259 g/mol. The molecule has 0 aromatic carbocycles. The lowest BCUT2D eigenvalue weighted by Gasteiger charge is -2.18. The van der Waals surface area contributed by atoms with Gasteiger partial charge in [-0.15, -0.1) is 11.3 Å². The molecule has 0 radical (unpaired) electrons. The molecule has 0 spiro atoms. The van der Waals surface area contributed by atoms with Crippen LogP contribution in [-0.2, 0) is 12.8 Å². The van der Waals surface area contributed by atoms with Gasteiger partial charge in [0.05, 0.1) is 5.39 Å². The number of hydrogen-bond donors (Lipinski definition) is 1. The van der Waals surface area contributed by atoms with E-state index in [2.05, 4.69) is 22.2 Å². The minimum Gasteiger partial charge on any atom is -0.367 e. The van der Waals surface area contributed by atoms with Crippen molar-refractivity contribution < 1.29 is 0 Å². The van der Waals surface area contributed by atoms with Gasteiger partial charge in [0.15, 0.2) is 0 Å². The minimum atomic E-state index is 0.654. The maximum Gasteiger partial charge on any atom is 0.138 e. The van der Waals surface area contributed by atoms with Crippen LogP contribution in [0.1, 0.15) is 36.6 Å². The van der Waals surface area contributed by atoms with Crippen molar-refractivity contribution in [2.45, 2.75) is 45.1 Å². The third-order valence-corrected chi connectivity index (χ3v) is 5.17. The third kappa shape index (κ3) is 1.70. The lowest BCUT2D eigenvalue weighted by Crippen LogP contribution is -2.10. The summed E-state index contributed by atoms with van der Waals surface area (Å²) in [6, 6.07) is 0.654. The van der Waals surface area contributed by atoms with Gasteiger partial charge in [-0.1, -0.05) is 6.92 Å². The molecular formula is C14H17N3S. The SMILES string of the molecule is C[C@H]1CCc2c(sc3ncnc(NC4CC4)c23)C1. The molecule has 18 heavy (non-hydrogen) atoms. The van der Waals surface area contributed by atoms with E-state index in [0.29, 0.717) is 6.04 Å². The van der Waals surface area contributed by atoms with E-state index in [1.54, 1.807) is 11.2 Å². The molecule has 2 aromatic heterocycles. The Morgan fingerprint density at radius 1 is 1.28 bits per heavy atom. The first kappa shape index (κ1) is 10.7. The quantitative estimate of drug-likeness (QED) is 0.898. The molecule has 2 aromatic rings. The van der Waals surface area contributed by atoms with Gasteiger partial charge >= 0.3 is 0 Å². The summed E-state index contributed by atoms with van der Waals surface area (Å²) in [4.78, 5) is 11.7. The van der Waals surface area contributed by atoms with Gasteiger partial charge in [0.2, 0.25) is 0 Å². The average Bonchev–Trinajstić information content (AvgIpc) is 3.08. The molecule has 2 heterocycles. The molecule has 0 saturated heterocycles. The number of nitrogens with zero attached hydrogens (tertiary/aromatic N) is 2. The number of hydrogen-bond acceptors (Lipinski definition) is 4. The van der Waals surface area contributed by atoms with Crippen LogP contribution in [0.25, 0.3) is 10.2 Å². The van der Waals surface area contributed by atoms with Crippen molar-refractivity contribution in [3.63, 3.8) is 0 Å². The van der Waals surface area contributed by atoms with Crippen LogP contribution in [0.5, 0.6) is 0 Å². The fraction of sp³-hybridized carbons (Fsp3) is 0.571. The molecule has 0 unspecified atom stereocenters.